The number of nitrogens with zero attached hydrogens (tertiary/aromatic N) is 2. The van der Waals surface area contributed by atoms with Gasteiger partial charge in [-0.15, -0.1) is 0 Å². The van der Waals surface area contributed by atoms with Crippen molar-refractivity contribution in [2.24, 2.45) is 7.05 Å². The monoisotopic (exact) mass is 278 g/mol. The van der Waals surface area contributed by atoms with Gasteiger partial charge in [-0.2, -0.15) is 0 Å². The van der Waals surface area contributed by atoms with Gasteiger partial charge in [-0.05, 0) is 38.3 Å². The van der Waals surface area contributed by atoms with E-state index in [2.05, 4.69) is 0 Å². The van der Waals surface area contributed by atoms with Gasteiger partial charge in [0.25, 0.3) is 5.91 Å². The lowest BCUT2D eigenvalue weighted by Crippen LogP contribution is -2.53. The van der Waals surface area contributed by atoms with E-state index in [1.165, 1.54) is 0 Å². The molecular formula is C15H22N2O3. The molecule has 1 N–H and O–H groups in total. The third kappa shape index (κ3) is 2.11. The zero-order valence-electron chi connectivity index (χ0n) is 12.3. The minimum absolute atomic E-state index is 0.172. The van der Waals surface area contributed by atoms with Crippen molar-refractivity contribution in [1.82, 2.24) is 9.47 Å². The second kappa shape index (κ2) is 5.31. The summed E-state index contributed by atoms with van der Waals surface area (Å²) in [5.74, 6) is -1.05. The molecule has 0 aromatic carbocycles. The Morgan fingerprint density at radius 2 is 2.10 bits per heavy atom. The number of amides is 1. The summed E-state index contributed by atoms with van der Waals surface area (Å²) in [6.07, 6.45) is 2.56. The first-order valence-electron chi connectivity index (χ1n) is 7.11. The zero-order chi connectivity index (χ0) is 14.9. The summed E-state index contributed by atoms with van der Waals surface area (Å²) in [6.45, 7) is 4.41. The summed E-state index contributed by atoms with van der Waals surface area (Å²) >= 11 is 0. The molecule has 2 heterocycles. The third-order valence-electron chi connectivity index (χ3n) is 4.39. The van der Waals surface area contributed by atoms with Crippen LogP contribution < -0.4 is 0 Å². The maximum Gasteiger partial charge on any atom is 0.329 e. The van der Waals surface area contributed by atoms with E-state index in [4.69, 9.17) is 0 Å². The molecule has 1 atom stereocenters. The lowest BCUT2D eigenvalue weighted by atomic mass is 9.90. The Kier molecular flexibility index (Phi) is 3.88. The quantitative estimate of drug-likeness (QED) is 0.918. The molecule has 1 saturated heterocycles. The van der Waals surface area contributed by atoms with Crippen molar-refractivity contribution in [3.8, 4) is 0 Å². The van der Waals surface area contributed by atoms with Crippen LogP contribution in [0.3, 0.4) is 0 Å². The smallest absolute Gasteiger partial charge is 0.329 e. The van der Waals surface area contributed by atoms with Gasteiger partial charge in [-0.1, -0.05) is 13.3 Å². The van der Waals surface area contributed by atoms with Crippen LogP contribution in [-0.2, 0) is 11.8 Å². The van der Waals surface area contributed by atoms with Crippen LogP contribution in [0.4, 0.5) is 0 Å². The second-order valence-electron chi connectivity index (χ2n) is 5.57. The molecule has 1 aromatic rings. The van der Waals surface area contributed by atoms with E-state index >= 15 is 0 Å². The summed E-state index contributed by atoms with van der Waals surface area (Å²) in [6, 6.07) is 3.65. The van der Waals surface area contributed by atoms with Crippen LogP contribution in [-0.4, -0.2) is 38.5 Å². The van der Waals surface area contributed by atoms with Crippen LogP contribution in [0, 0.1) is 6.92 Å². The van der Waals surface area contributed by atoms with Gasteiger partial charge in [0.05, 0.1) is 0 Å². The Hall–Kier alpha value is -1.78. The number of likely N-dealkylation sites (tertiary alicyclic amines) is 1. The first-order chi connectivity index (χ1) is 9.44. The molecule has 0 aliphatic carbocycles. The van der Waals surface area contributed by atoms with Crippen molar-refractivity contribution in [1.29, 1.82) is 0 Å². The highest BCUT2D eigenvalue weighted by molar-refractivity contribution is 5.97. The molecule has 0 radical (unpaired) electrons. The summed E-state index contributed by atoms with van der Waals surface area (Å²) < 4.78 is 1.82. The van der Waals surface area contributed by atoms with Crippen LogP contribution in [0.5, 0.6) is 0 Å². The molecule has 1 aliphatic rings. The van der Waals surface area contributed by atoms with Crippen molar-refractivity contribution in [3.05, 3.63) is 23.5 Å². The second-order valence-corrected chi connectivity index (χ2v) is 5.57. The molecule has 1 fully saturated rings. The number of aromatic nitrogens is 1. The maximum atomic E-state index is 12.7. The minimum atomic E-state index is -1.02. The van der Waals surface area contributed by atoms with E-state index in [0.717, 1.165) is 18.5 Å². The molecule has 0 spiro atoms. The standard InChI is InChI=1S/C15H22N2O3/c1-4-8-15(14(19)20)9-5-10-17(15)13(18)12-7-6-11(2)16(12)3/h6-7H,4-5,8-10H2,1-3H3,(H,19,20). The SMILES string of the molecule is CCCC1(C(=O)O)CCCN1C(=O)c1ccc(C)n1C. The van der Waals surface area contributed by atoms with Crippen molar-refractivity contribution >= 4 is 11.9 Å². The van der Waals surface area contributed by atoms with Crippen molar-refractivity contribution in [2.45, 2.75) is 45.1 Å². The highest BCUT2D eigenvalue weighted by Crippen LogP contribution is 2.35. The van der Waals surface area contributed by atoms with Gasteiger partial charge in [-0.3, -0.25) is 4.79 Å². The van der Waals surface area contributed by atoms with Crippen LogP contribution in [0.1, 0.15) is 48.8 Å². The number of hydrogen-bond donors (Lipinski definition) is 1. The Morgan fingerprint density at radius 3 is 2.60 bits per heavy atom. The van der Waals surface area contributed by atoms with Gasteiger partial charge in [0.15, 0.2) is 0 Å². The fourth-order valence-electron chi connectivity index (χ4n) is 3.14. The fourth-order valence-corrected chi connectivity index (χ4v) is 3.14. The number of aryl methyl sites for hydroxylation is 1. The zero-order valence-corrected chi connectivity index (χ0v) is 12.3. The number of carbonyl (C=O) groups excluding carboxylic acids is 1. The number of rotatable bonds is 4. The number of hydrogen-bond acceptors (Lipinski definition) is 2. The average molecular weight is 278 g/mol. The Bertz CT molecular complexity index is 535. The molecule has 0 bridgehead atoms. The number of carbonyl (C=O) groups is 2. The maximum absolute atomic E-state index is 12.7. The molecule has 0 saturated carbocycles. The molecule has 2 rings (SSSR count). The van der Waals surface area contributed by atoms with Gasteiger partial charge in [0.1, 0.15) is 11.2 Å². The fraction of sp³-hybridized carbons (Fsp3) is 0.600. The van der Waals surface area contributed by atoms with Crippen LogP contribution in [0.25, 0.3) is 0 Å². The largest absolute Gasteiger partial charge is 0.479 e. The molecular weight excluding hydrogens is 256 g/mol. The Balaban J connectivity index is 2.37. The molecule has 1 amide bonds. The normalized spacial score (nSPS) is 22.2. The van der Waals surface area contributed by atoms with Gasteiger partial charge in [-0.25, -0.2) is 4.79 Å². The number of aliphatic carboxylic acids is 1. The van der Waals surface area contributed by atoms with Gasteiger partial charge < -0.3 is 14.6 Å². The summed E-state index contributed by atoms with van der Waals surface area (Å²) in [7, 11) is 1.83. The van der Waals surface area contributed by atoms with Crippen LogP contribution >= 0.6 is 0 Å². The molecule has 1 aromatic heterocycles. The summed E-state index contributed by atoms with van der Waals surface area (Å²) in [5, 5.41) is 9.63. The van der Waals surface area contributed by atoms with E-state index < -0.39 is 11.5 Å². The predicted molar refractivity (Wildman–Crippen MR) is 75.7 cm³/mol. The van der Waals surface area contributed by atoms with E-state index in [1.54, 1.807) is 11.0 Å². The van der Waals surface area contributed by atoms with Crippen LogP contribution in [0.15, 0.2) is 12.1 Å². The molecule has 5 nitrogen and oxygen atoms in total. The molecule has 20 heavy (non-hydrogen) atoms. The predicted octanol–water partition coefficient (Wildman–Crippen LogP) is 2.19. The van der Waals surface area contributed by atoms with Gasteiger partial charge in [0, 0.05) is 19.3 Å². The highest BCUT2D eigenvalue weighted by atomic mass is 16.4. The van der Waals surface area contributed by atoms with Gasteiger partial charge in [0.2, 0.25) is 0 Å². The first-order valence-corrected chi connectivity index (χ1v) is 7.11. The van der Waals surface area contributed by atoms with E-state index in [-0.39, 0.29) is 5.91 Å². The molecule has 5 heteroatoms. The van der Waals surface area contributed by atoms with E-state index in [0.29, 0.717) is 25.1 Å². The number of carboxylic acid groups (broad SMARTS) is 1. The lowest BCUT2D eigenvalue weighted by molar-refractivity contribution is -0.148. The summed E-state index contributed by atoms with van der Waals surface area (Å²) in [4.78, 5) is 26.0. The number of carboxylic acids is 1. The van der Waals surface area contributed by atoms with Crippen molar-refractivity contribution in [3.63, 3.8) is 0 Å². The first kappa shape index (κ1) is 14.6. The minimum Gasteiger partial charge on any atom is -0.479 e. The topological polar surface area (TPSA) is 62.5 Å². The Labute approximate surface area is 119 Å². The lowest BCUT2D eigenvalue weighted by Gasteiger charge is -2.34. The highest BCUT2D eigenvalue weighted by Gasteiger charge is 2.49. The van der Waals surface area contributed by atoms with Crippen molar-refractivity contribution < 1.29 is 14.7 Å². The van der Waals surface area contributed by atoms with E-state index in [9.17, 15) is 14.7 Å². The van der Waals surface area contributed by atoms with Gasteiger partial charge >= 0.3 is 5.97 Å². The molecule has 1 unspecified atom stereocenters. The molecule has 1 aliphatic heterocycles. The van der Waals surface area contributed by atoms with Crippen LogP contribution in [0.2, 0.25) is 0 Å². The summed E-state index contributed by atoms with van der Waals surface area (Å²) in [5.41, 5.74) is 0.527. The average Bonchev–Trinajstić information content (AvgIpc) is 2.96. The Morgan fingerprint density at radius 1 is 1.40 bits per heavy atom. The third-order valence-corrected chi connectivity index (χ3v) is 4.39. The van der Waals surface area contributed by atoms with E-state index in [1.807, 2.05) is 31.5 Å². The molecule has 110 valence electrons. The van der Waals surface area contributed by atoms with Crippen molar-refractivity contribution in [2.75, 3.05) is 6.54 Å².